The summed E-state index contributed by atoms with van der Waals surface area (Å²) >= 11 is 0. The summed E-state index contributed by atoms with van der Waals surface area (Å²) in [7, 11) is 0. The van der Waals surface area contributed by atoms with Crippen molar-refractivity contribution in [1.82, 2.24) is 0 Å². The van der Waals surface area contributed by atoms with Crippen molar-refractivity contribution >= 4 is 28.9 Å². The van der Waals surface area contributed by atoms with Crippen molar-refractivity contribution < 1.29 is 24.0 Å². The van der Waals surface area contributed by atoms with Gasteiger partial charge in [-0.05, 0) is 12.8 Å². The van der Waals surface area contributed by atoms with Crippen molar-refractivity contribution in [2.75, 3.05) is 0 Å². The summed E-state index contributed by atoms with van der Waals surface area (Å²) in [6.45, 7) is 9.22. The Balaban J connectivity index is 0.000000253. The molecule has 2 saturated carbocycles. The van der Waals surface area contributed by atoms with Crippen molar-refractivity contribution in [1.29, 1.82) is 0 Å². The Kier molecular flexibility index (Phi) is 6.71. The lowest BCUT2D eigenvalue weighted by molar-refractivity contribution is -0.144. The zero-order valence-electron chi connectivity index (χ0n) is 17.9. The summed E-state index contributed by atoms with van der Waals surface area (Å²) in [5, 5.41) is 0. The first-order valence-corrected chi connectivity index (χ1v) is 10.1. The zero-order chi connectivity index (χ0) is 22.0. The molecule has 0 radical (unpaired) electrons. The van der Waals surface area contributed by atoms with Gasteiger partial charge >= 0.3 is 0 Å². The van der Waals surface area contributed by atoms with E-state index in [-0.39, 0.29) is 46.7 Å². The van der Waals surface area contributed by atoms with Crippen LogP contribution in [0, 0.1) is 22.7 Å². The van der Waals surface area contributed by atoms with Gasteiger partial charge in [0.05, 0.1) is 6.42 Å². The molecule has 0 N–H and O–H groups in total. The molecular weight excluding hydrogens is 368 g/mol. The normalized spacial score (nSPS) is 25.8. The maximum absolute atomic E-state index is 12.4. The molecule has 2 aliphatic rings. The lowest BCUT2D eigenvalue weighted by Crippen LogP contribution is -2.48. The molecule has 3 rings (SSSR count). The standard InChI is InChI=1S/C16H18O3.C8H12O2/c1-10-9-16(2,3)15(19)12(13(10)17)14(18)11-7-5-4-6-8-11;1-8(2)4-3-6(9)5-7(8)10/h4-8,10,12H,9H2,1-3H3;3-5H2,1-2H3. The van der Waals surface area contributed by atoms with Gasteiger partial charge in [-0.3, -0.25) is 24.0 Å². The lowest BCUT2D eigenvalue weighted by Gasteiger charge is -2.35. The minimum atomic E-state index is -1.12. The van der Waals surface area contributed by atoms with E-state index in [1.165, 1.54) is 0 Å². The zero-order valence-corrected chi connectivity index (χ0v) is 17.9. The van der Waals surface area contributed by atoms with Crippen LogP contribution in [0.3, 0.4) is 0 Å². The van der Waals surface area contributed by atoms with Crippen LogP contribution in [0.25, 0.3) is 0 Å². The highest BCUT2D eigenvalue weighted by Crippen LogP contribution is 2.38. The van der Waals surface area contributed by atoms with Gasteiger partial charge in [0.2, 0.25) is 0 Å². The Morgan fingerprint density at radius 1 is 0.931 bits per heavy atom. The molecular formula is C24H30O5. The van der Waals surface area contributed by atoms with E-state index < -0.39 is 11.3 Å². The average molecular weight is 398 g/mol. The van der Waals surface area contributed by atoms with Gasteiger partial charge < -0.3 is 0 Å². The van der Waals surface area contributed by atoms with Gasteiger partial charge in [-0.15, -0.1) is 0 Å². The first-order valence-electron chi connectivity index (χ1n) is 10.1. The number of hydrogen-bond acceptors (Lipinski definition) is 5. The van der Waals surface area contributed by atoms with Crippen LogP contribution >= 0.6 is 0 Å². The monoisotopic (exact) mass is 398 g/mol. The van der Waals surface area contributed by atoms with E-state index in [1.807, 2.05) is 27.7 Å². The second-order valence-corrected chi connectivity index (χ2v) is 9.44. The Bertz CT molecular complexity index is 832. The Morgan fingerprint density at radius 2 is 1.52 bits per heavy atom. The van der Waals surface area contributed by atoms with Gasteiger partial charge in [-0.1, -0.05) is 65.0 Å². The van der Waals surface area contributed by atoms with Gasteiger partial charge in [0.25, 0.3) is 0 Å². The van der Waals surface area contributed by atoms with Crippen LogP contribution in [-0.4, -0.2) is 28.9 Å². The van der Waals surface area contributed by atoms with Crippen LogP contribution in [0.15, 0.2) is 30.3 Å². The second kappa shape index (κ2) is 8.52. The van der Waals surface area contributed by atoms with E-state index in [9.17, 15) is 24.0 Å². The summed E-state index contributed by atoms with van der Waals surface area (Å²) < 4.78 is 0. The Labute approximate surface area is 172 Å². The first kappa shape index (κ1) is 22.9. The molecule has 5 nitrogen and oxygen atoms in total. The second-order valence-electron chi connectivity index (χ2n) is 9.44. The molecule has 0 aliphatic heterocycles. The molecule has 156 valence electrons. The summed E-state index contributed by atoms with van der Waals surface area (Å²) in [5.41, 5.74) is -0.421. The summed E-state index contributed by atoms with van der Waals surface area (Å²) in [5.74, 6) is -2.02. The molecule has 0 aromatic heterocycles. The number of carbonyl (C=O) groups excluding carboxylic acids is 5. The summed E-state index contributed by atoms with van der Waals surface area (Å²) in [4.78, 5) is 58.8. The third-order valence-corrected chi connectivity index (χ3v) is 5.98. The fraction of sp³-hybridized carbons (Fsp3) is 0.542. The molecule has 5 heteroatoms. The van der Waals surface area contributed by atoms with E-state index >= 15 is 0 Å². The maximum atomic E-state index is 12.4. The molecule has 1 aromatic carbocycles. The minimum absolute atomic E-state index is 0.101. The highest BCUT2D eigenvalue weighted by molar-refractivity contribution is 6.26. The van der Waals surface area contributed by atoms with Gasteiger partial charge in [0, 0.05) is 28.7 Å². The highest BCUT2D eigenvalue weighted by Gasteiger charge is 2.49. The van der Waals surface area contributed by atoms with E-state index in [1.54, 1.807) is 37.3 Å². The molecule has 0 bridgehead atoms. The molecule has 2 aliphatic carbocycles. The third kappa shape index (κ3) is 5.14. The largest absolute Gasteiger partial charge is 0.299 e. The van der Waals surface area contributed by atoms with Crippen LogP contribution in [0.2, 0.25) is 0 Å². The number of rotatable bonds is 2. The van der Waals surface area contributed by atoms with Crippen LogP contribution in [0.1, 0.15) is 70.7 Å². The quantitative estimate of drug-likeness (QED) is 0.555. The van der Waals surface area contributed by atoms with Crippen LogP contribution in [-0.2, 0) is 19.2 Å². The SMILES string of the molecule is CC1(C)CCC(=O)CC1=O.CC1CC(C)(C)C(=O)C(C(=O)c2ccccc2)C1=O. The predicted octanol–water partition coefficient (Wildman–Crippen LogP) is 4.02. The van der Waals surface area contributed by atoms with Crippen molar-refractivity contribution in [3.05, 3.63) is 35.9 Å². The van der Waals surface area contributed by atoms with Gasteiger partial charge in [-0.2, -0.15) is 0 Å². The summed E-state index contributed by atoms with van der Waals surface area (Å²) in [6.07, 6.45) is 1.99. The minimum Gasteiger partial charge on any atom is -0.299 e. The van der Waals surface area contributed by atoms with E-state index in [2.05, 4.69) is 0 Å². The van der Waals surface area contributed by atoms with E-state index in [0.29, 0.717) is 18.4 Å². The molecule has 2 unspecified atom stereocenters. The number of hydrogen-bond donors (Lipinski definition) is 0. The predicted molar refractivity (Wildman–Crippen MR) is 109 cm³/mol. The molecule has 29 heavy (non-hydrogen) atoms. The third-order valence-electron chi connectivity index (χ3n) is 5.98. The van der Waals surface area contributed by atoms with Gasteiger partial charge in [0.1, 0.15) is 17.5 Å². The number of ketones is 5. The van der Waals surface area contributed by atoms with Crippen molar-refractivity contribution in [2.45, 2.75) is 60.3 Å². The first-order chi connectivity index (χ1) is 13.4. The van der Waals surface area contributed by atoms with Crippen molar-refractivity contribution in [2.24, 2.45) is 22.7 Å². The average Bonchev–Trinajstić information content (AvgIpc) is 2.65. The topological polar surface area (TPSA) is 85.3 Å². The molecule has 2 fully saturated rings. The molecule has 0 heterocycles. The molecule has 0 spiro atoms. The van der Waals surface area contributed by atoms with E-state index in [0.717, 1.165) is 6.42 Å². The number of carbonyl (C=O) groups is 5. The van der Waals surface area contributed by atoms with Crippen molar-refractivity contribution in [3.63, 3.8) is 0 Å². The van der Waals surface area contributed by atoms with Gasteiger partial charge in [-0.25, -0.2) is 0 Å². The van der Waals surface area contributed by atoms with Gasteiger partial charge in [0.15, 0.2) is 17.3 Å². The Morgan fingerprint density at radius 3 is 2.03 bits per heavy atom. The highest BCUT2D eigenvalue weighted by atomic mass is 16.2. The molecule has 1 aromatic rings. The van der Waals surface area contributed by atoms with Crippen molar-refractivity contribution in [3.8, 4) is 0 Å². The Hall–Kier alpha value is -2.43. The fourth-order valence-corrected chi connectivity index (χ4v) is 3.89. The maximum Gasteiger partial charge on any atom is 0.180 e. The summed E-state index contributed by atoms with van der Waals surface area (Å²) in [6, 6.07) is 8.57. The molecule has 0 amide bonds. The lowest BCUT2D eigenvalue weighted by atomic mass is 9.64. The fourth-order valence-electron chi connectivity index (χ4n) is 3.89. The molecule has 0 saturated heterocycles. The molecule has 2 atom stereocenters. The van der Waals surface area contributed by atoms with Crippen LogP contribution in [0.4, 0.5) is 0 Å². The van der Waals surface area contributed by atoms with Crippen LogP contribution < -0.4 is 0 Å². The van der Waals surface area contributed by atoms with Crippen LogP contribution in [0.5, 0.6) is 0 Å². The number of Topliss-reactive ketones (excluding diaryl/α,β-unsaturated/α-hetero) is 5. The number of benzene rings is 1. The smallest absolute Gasteiger partial charge is 0.180 e. The van der Waals surface area contributed by atoms with E-state index in [4.69, 9.17) is 0 Å².